The van der Waals surface area contributed by atoms with E-state index in [9.17, 15) is 9.59 Å². The van der Waals surface area contributed by atoms with Crippen LogP contribution in [-0.4, -0.2) is 26.0 Å². The van der Waals surface area contributed by atoms with Gasteiger partial charge in [0.1, 0.15) is 5.75 Å². The van der Waals surface area contributed by atoms with Crippen molar-refractivity contribution in [3.63, 3.8) is 0 Å². The molecule has 3 aromatic carbocycles. The Bertz CT molecular complexity index is 1040. The number of benzene rings is 3. The molecule has 0 bridgehead atoms. The predicted molar refractivity (Wildman–Crippen MR) is 115 cm³/mol. The van der Waals surface area contributed by atoms with Gasteiger partial charge < -0.3 is 14.2 Å². The Balaban J connectivity index is 1.62. The zero-order valence-corrected chi connectivity index (χ0v) is 17.3. The number of hydrogen-bond donors (Lipinski definition) is 0. The lowest BCUT2D eigenvalue weighted by atomic mass is 10.0. The van der Waals surface area contributed by atoms with Gasteiger partial charge in [-0.3, -0.25) is 9.59 Å². The maximum absolute atomic E-state index is 12.6. The van der Waals surface area contributed by atoms with Gasteiger partial charge in [-0.2, -0.15) is 0 Å². The number of aryl methyl sites for hydroxylation is 2. The normalized spacial score (nSPS) is 10.4. The molecule has 0 saturated carbocycles. The van der Waals surface area contributed by atoms with Crippen molar-refractivity contribution in [2.45, 2.75) is 19.8 Å². The average molecular weight is 404 g/mol. The fraction of sp³-hybridized carbons (Fsp3) is 0.200. The molecule has 0 spiro atoms. The molecule has 0 atom stereocenters. The van der Waals surface area contributed by atoms with Crippen LogP contribution in [0.2, 0.25) is 0 Å². The second-order valence-corrected chi connectivity index (χ2v) is 6.84. The summed E-state index contributed by atoms with van der Waals surface area (Å²) in [6.45, 7) is 1.82. The largest absolute Gasteiger partial charge is 0.493 e. The first kappa shape index (κ1) is 21.1. The van der Waals surface area contributed by atoms with Gasteiger partial charge in [-0.25, -0.2) is 0 Å². The number of carbonyl (C=O) groups excluding carboxylic acids is 2. The van der Waals surface area contributed by atoms with Gasteiger partial charge in [-0.15, -0.1) is 0 Å². The standard InChI is InChI=1S/C25H24O5/c1-17-15-20(25(27)19-7-5-4-6-8-19)11-13-21(17)30-24(26)14-10-18-9-12-22(28-2)23(16-18)29-3/h4-9,11-13,15-16H,10,14H2,1-3H3. The van der Waals surface area contributed by atoms with E-state index in [-0.39, 0.29) is 18.2 Å². The maximum Gasteiger partial charge on any atom is 0.311 e. The van der Waals surface area contributed by atoms with Gasteiger partial charge in [0.2, 0.25) is 0 Å². The predicted octanol–water partition coefficient (Wildman–Crippen LogP) is 4.78. The van der Waals surface area contributed by atoms with Crippen LogP contribution in [0.25, 0.3) is 0 Å². The summed E-state index contributed by atoms with van der Waals surface area (Å²) in [5.41, 5.74) is 2.86. The van der Waals surface area contributed by atoms with Crippen molar-refractivity contribution in [3.8, 4) is 17.2 Å². The summed E-state index contributed by atoms with van der Waals surface area (Å²) in [6, 6.07) is 19.7. The monoisotopic (exact) mass is 404 g/mol. The first-order valence-corrected chi connectivity index (χ1v) is 9.64. The molecule has 0 unspecified atom stereocenters. The Morgan fingerprint density at radius 1 is 0.767 bits per heavy atom. The van der Waals surface area contributed by atoms with E-state index >= 15 is 0 Å². The Morgan fingerprint density at radius 3 is 2.13 bits per heavy atom. The summed E-state index contributed by atoms with van der Waals surface area (Å²) in [6.07, 6.45) is 0.739. The summed E-state index contributed by atoms with van der Waals surface area (Å²) in [4.78, 5) is 24.9. The highest BCUT2D eigenvalue weighted by Gasteiger charge is 2.13. The van der Waals surface area contributed by atoms with E-state index in [1.54, 1.807) is 44.6 Å². The summed E-state index contributed by atoms with van der Waals surface area (Å²) >= 11 is 0. The van der Waals surface area contributed by atoms with Crippen molar-refractivity contribution in [1.29, 1.82) is 0 Å². The molecule has 0 aliphatic carbocycles. The molecule has 0 heterocycles. The summed E-state index contributed by atoms with van der Waals surface area (Å²) < 4.78 is 16.0. The molecular weight excluding hydrogens is 380 g/mol. The number of ketones is 1. The Hall–Kier alpha value is -3.60. The van der Waals surface area contributed by atoms with Crippen LogP contribution >= 0.6 is 0 Å². The molecule has 0 N–H and O–H groups in total. The van der Waals surface area contributed by atoms with Crippen LogP contribution in [0.3, 0.4) is 0 Å². The summed E-state index contributed by atoms with van der Waals surface area (Å²) in [7, 11) is 3.15. The van der Waals surface area contributed by atoms with Crippen LogP contribution in [0.15, 0.2) is 66.7 Å². The first-order chi connectivity index (χ1) is 14.5. The van der Waals surface area contributed by atoms with Crippen LogP contribution in [0.1, 0.15) is 33.5 Å². The van der Waals surface area contributed by atoms with Crippen molar-refractivity contribution < 1.29 is 23.8 Å². The molecular formula is C25H24O5. The molecule has 0 radical (unpaired) electrons. The highest BCUT2D eigenvalue weighted by molar-refractivity contribution is 6.09. The van der Waals surface area contributed by atoms with E-state index in [0.717, 1.165) is 11.1 Å². The van der Waals surface area contributed by atoms with Crippen molar-refractivity contribution in [3.05, 3.63) is 89.0 Å². The maximum atomic E-state index is 12.6. The number of carbonyl (C=O) groups is 2. The third-order valence-corrected chi connectivity index (χ3v) is 4.76. The number of rotatable bonds is 8. The molecule has 0 aliphatic heterocycles. The molecule has 0 saturated heterocycles. The van der Waals surface area contributed by atoms with Gasteiger partial charge >= 0.3 is 5.97 Å². The van der Waals surface area contributed by atoms with Gasteiger partial charge in [0.25, 0.3) is 0 Å². The Labute approximate surface area is 176 Å². The molecule has 0 fully saturated rings. The Kier molecular flexibility index (Phi) is 6.86. The van der Waals surface area contributed by atoms with Crippen molar-refractivity contribution >= 4 is 11.8 Å². The number of hydrogen-bond acceptors (Lipinski definition) is 5. The molecule has 0 amide bonds. The highest BCUT2D eigenvalue weighted by atomic mass is 16.5. The fourth-order valence-electron chi connectivity index (χ4n) is 3.12. The molecule has 0 aliphatic rings. The smallest absolute Gasteiger partial charge is 0.311 e. The van der Waals surface area contributed by atoms with Crippen molar-refractivity contribution in [2.24, 2.45) is 0 Å². The number of methoxy groups -OCH3 is 2. The second kappa shape index (κ2) is 9.74. The highest BCUT2D eigenvalue weighted by Crippen LogP contribution is 2.28. The van der Waals surface area contributed by atoms with Crippen LogP contribution in [0.4, 0.5) is 0 Å². The third kappa shape index (κ3) is 5.06. The third-order valence-electron chi connectivity index (χ3n) is 4.76. The first-order valence-electron chi connectivity index (χ1n) is 9.64. The minimum absolute atomic E-state index is 0.0648. The summed E-state index contributed by atoms with van der Waals surface area (Å²) in [5, 5.41) is 0. The van der Waals surface area contributed by atoms with E-state index in [4.69, 9.17) is 14.2 Å². The number of esters is 1. The quantitative estimate of drug-likeness (QED) is 0.307. The molecule has 5 nitrogen and oxygen atoms in total. The SMILES string of the molecule is COc1ccc(CCC(=O)Oc2ccc(C(=O)c3ccccc3)cc2C)cc1OC. The minimum Gasteiger partial charge on any atom is -0.493 e. The molecule has 30 heavy (non-hydrogen) atoms. The zero-order valence-electron chi connectivity index (χ0n) is 17.3. The van der Waals surface area contributed by atoms with E-state index < -0.39 is 0 Å². The van der Waals surface area contributed by atoms with Gasteiger partial charge in [0, 0.05) is 17.5 Å². The second-order valence-electron chi connectivity index (χ2n) is 6.84. The van der Waals surface area contributed by atoms with Gasteiger partial charge in [0.05, 0.1) is 14.2 Å². The van der Waals surface area contributed by atoms with Crippen LogP contribution in [0, 0.1) is 6.92 Å². The van der Waals surface area contributed by atoms with Crippen LogP contribution in [0.5, 0.6) is 17.2 Å². The fourth-order valence-corrected chi connectivity index (χ4v) is 3.12. The van der Waals surface area contributed by atoms with Crippen LogP contribution in [-0.2, 0) is 11.2 Å². The lowest BCUT2D eigenvalue weighted by Crippen LogP contribution is -2.10. The molecule has 0 aromatic heterocycles. The molecule has 3 rings (SSSR count). The van der Waals surface area contributed by atoms with E-state index in [2.05, 4.69) is 0 Å². The lowest BCUT2D eigenvalue weighted by Gasteiger charge is -2.11. The topological polar surface area (TPSA) is 61.8 Å². The minimum atomic E-state index is -0.338. The van der Waals surface area contributed by atoms with Crippen molar-refractivity contribution in [2.75, 3.05) is 14.2 Å². The average Bonchev–Trinajstić information content (AvgIpc) is 2.78. The van der Waals surface area contributed by atoms with Gasteiger partial charge in [0.15, 0.2) is 17.3 Å². The van der Waals surface area contributed by atoms with E-state index in [0.29, 0.717) is 34.8 Å². The van der Waals surface area contributed by atoms with Crippen molar-refractivity contribution in [1.82, 2.24) is 0 Å². The number of ether oxygens (including phenoxy) is 3. The van der Waals surface area contributed by atoms with Gasteiger partial charge in [-0.1, -0.05) is 36.4 Å². The van der Waals surface area contributed by atoms with E-state index in [1.165, 1.54) is 0 Å². The zero-order chi connectivity index (χ0) is 21.5. The molecule has 3 aromatic rings. The van der Waals surface area contributed by atoms with Gasteiger partial charge in [-0.05, 0) is 54.8 Å². The lowest BCUT2D eigenvalue weighted by molar-refractivity contribution is -0.134. The molecule has 5 heteroatoms. The summed E-state index contributed by atoms with van der Waals surface area (Å²) in [5.74, 6) is 1.32. The van der Waals surface area contributed by atoms with Crippen LogP contribution < -0.4 is 14.2 Å². The molecule has 154 valence electrons. The Morgan fingerprint density at radius 2 is 1.47 bits per heavy atom. The van der Waals surface area contributed by atoms with E-state index in [1.807, 2.05) is 43.3 Å².